The first kappa shape index (κ1) is 13.7. The van der Waals surface area contributed by atoms with Crippen LogP contribution in [-0.2, 0) is 11.3 Å². The van der Waals surface area contributed by atoms with Crippen LogP contribution >= 0.6 is 0 Å². The van der Waals surface area contributed by atoms with Crippen LogP contribution in [0.1, 0.15) is 26.3 Å². The van der Waals surface area contributed by atoms with E-state index in [1.54, 1.807) is 7.11 Å². The van der Waals surface area contributed by atoms with Crippen LogP contribution in [0.25, 0.3) is 0 Å². The van der Waals surface area contributed by atoms with E-state index < -0.39 is 0 Å². The van der Waals surface area contributed by atoms with Crippen LogP contribution < -0.4 is 10.1 Å². The molecule has 0 fully saturated rings. The summed E-state index contributed by atoms with van der Waals surface area (Å²) in [6.45, 7) is 6.92. The Kier molecular flexibility index (Phi) is 4.70. The summed E-state index contributed by atoms with van der Waals surface area (Å²) in [7, 11) is 1.65. The van der Waals surface area contributed by atoms with Gasteiger partial charge in [-0.15, -0.1) is 0 Å². The Balaban J connectivity index is 2.38. The minimum absolute atomic E-state index is 0.228. The highest BCUT2D eigenvalue weighted by Crippen LogP contribution is 2.14. The number of nitrogens with one attached hydrogen (secondary N) is 1. The quantitative estimate of drug-likeness (QED) is 0.851. The number of methoxy groups -OCH3 is 1. The minimum Gasteiger partial charge on any atom is -0.497 e. The van der Waals surface area contributed by atoms with Crippen molar-refractivity contribution in [3.63, 3.8) is 0 Å². The molecule has 0 heterocycles. The highest BCUT2D eigenvalue weighted by Gasteiger charge is 2.19. The van der Waals surface area contributed by atoms with Crippen LogP contribution in [0.3, 0.4) is 0 Å². The maximum Gasteiger partial charge on any atom is 0.151 e. The van der Waals surface area contributed by atoms with Crippen molar-refractivity contribution < 1.29 is 9.53 Å². The molecule has 0 aliphatic heterocycles. The normalized spacial score (nSPS) is 11.3. The largest absolute Gasteiger partial charge is 0.497 e. The second-order valence-electron chi connectivity index (χ2n) is 5.12. The number of hydrogen-bond acceptors (Lipinski definition) is 3. The highest BCUT2D eigenvalue weighted by molar-refractivity contribution is 5.85. The number of carbonyl (C=O) groups is 1. The third-order valence-electron chi connectivity index (χ3n) is 2.61. The first-order valence-electron chi connectivity index (χ1n) is 5.80. The van der Waals surface area contributed by atoms with E-state index in [2.05, 4.69) is 5.32 Å². The molecule has 0 aliphatic carbocycles. The fourth-order valence-electron chi connectivity index (χ4n) is 1.33. The lowest BCUT2D eigenvalue weighted by Gasteiger charge is -2.16. The van der Waals surface area contributed by atoms with Gasteiger partial charge in [0.15, 0.2) is 5.78 Å². The van der Waals surface area contributed by atoms with Crippen molar-refractivity contribution in [3.05, 3.63) is 29.8 Å². The Labute approximate surface area is 103 Å². The van der Waals surface area contributed by atoms with Crippen LogP contribution in [0.4, 0.5) is 0 Å². The van der Waals surface area contributed by atoms with Gasteiger partial charge in [-0.25, -0.2) is 0 Å². The van der Waals surface area contributed by atoms with Crippen molar-refractivity contribution in [3.8, 4) is 5.75 Å². The number of carbonyl (C=O) groups excluding carboxylic acids is 1. The molecule has 3 nitrogen and oxygen atoms in total. The van der Waals surface area contributed by atoms with Crippen molar-refractivity contribution in [2.75, 3.05) is 13.7 Å². The van der Waals surface area contributed by atoms with Gasteiger partial charge in [-0.3, -0.25) is 4.79 Å². The summed E-state index contributed by atoms with van der Waals surface area (Å²) in [5.41, 5.74) is 0.875. The van der Waals surface area contributed by atoms with E-state index in [9.17, 15) is 4.79 Å². The highest BCUT2D eigenvalue weighted by atomic mass is 16.5. The lowest BCUT2D eigenvalue weighted by molar-refractivity contribution is -0.125. The van der Waals surface area contributed by atoms with Crippen molar-refractivity contribution in [1.29, 1.82) is 0 Å². The molecule has 0 aromatic heterocycles. The summed E-state index contributed by atoms with van der Waals surface area (Å²) in [5, 5.41) is 3.16. The van der Waals surface area contributed by atoms with Crippen LogP contribution in [0.2, 0.25) is 0 Å². The van der Waals surface area contributed by atoms with Crippen molar-refractivity contribution in [1.82, 2.24) is 5.32 Å². The summed E-state index contributed by atoms with van der Waals surface area (Å²) in [6, 6.07) is 7.83. The van der Waals surface area contributed by atoms with E-state index in [1.165, 1.54) is 0 Å². The van der Waals surface area contributed by atoms with Crippen LogP contribution in [-0.4, -0.2) is 19.4 Å². The van der Waals surface area contributed by atoms with Crippen molar-refractivity contribution in [2.45, 2.75) is 27.3 Å². The van der Waals surface area contributed by atoms with Gasteiger partial charge in [0, 0.05) is 12.0 Å². The van der Waals surface area contributed by atoms with Gasteiger partial charge in [-0.1, -0.05) is 32.9 Å². The van der Waals surface area contributed by atoms with Crippen LogP contribution in [0.15, 0.2) is 24.3 Å². The van der Waals surface area contributed by atoms with Gasteiger partial charge in [-0.2, -0.15) is 0 Å². The molecule has 0 radical (unpaired) electrons. The second-order valence-corrected chi connectivity index (χ2v) is 5.12. The maximum atomic E-state index is 11.7. The molecule has 1 aromatic carbocycles. The molecule has 1 rings (SSSR count). The van der Waals surface area contributed by atoms with E-state index >= 15 is 0 Å². The molecule has 0 bridgehead atoms. The Morgan fingerprint density at radius 2 is 1.82 bits per heavy atom. The molecular formula is C14H21NO2. The third-order valence-corrected chi connectivity index (χ3v) is 2.61. The average Bonchev–Trinajstić information content (AvgIpc) is 2.28. The predicted octanol–water partition coefficient (Wildman–Crippen LogP) is 2.40. The van der Waals surface area contributed by atoms with Gasteiger partial charge in [0.25, 0.3) is 0 Å². The first-order valence-corrected chi connectivity index (χ1v) is 5.80. The monoisotopic (exact) mass is 235 g/mol. The first-order chi connectivity index (χ1) is 7.93. The number of ether oxygens (including phenoxy) is 1. The maximum absolute atomic E-state index is 11.7. The summed E-state index contributed by atoms with van der Waals surface area (Å²) in [5.74, 6) is 1.07. The lowest BCUT2D eigenvalue weighted by atomic mass is 9.91. The van der Waals surface area contributed by atoms with Gasteiger partial charge in [0.1, 0.15) is 5.75 Å². The summed E-state index contributed by atoms with van der Waals surface area (Å²) < 4.78 is 5.08. The van der Waals surface area contributed by atoms with Crippen molar-refractivity contribution >= 4 is 5.78 Å². The number of benzene rings is 1. The van der Waals surface area contributed by atoms with Crippen LogP contribution in [0.5, 0.6) is 5.75 Å². The summed E-state index contributed by atoms with van der Waals surface area (Å²) in [6.07, 6.45) is 0. The van der Waals surface area contributed by atoms with Crippen molar-refractivity contribution in [2.24, 2.45) is 5.41 Å². The number of Topliss-reactive ketones (excluding diaryl/α,β-unsaturated/α-hetero) is 1. The minimum atomic E-state index is -0.271. The summed E-state index contributed by atoms with van der Waals surface area (Å²) in [4.78, 5) is 11.7. The van der Waals surface area contributed by atoms with Gasteiger partial charge < -0.3 is 10.1 Å². The molecular weight excluding hydrogens is 214 g/mol. The third kappa shape index (κ3) is 4.57. The molecule has 0 saturated heterocycles. The smallest absolute Gasteiger partial charge is 0.151 e. The SMILES string of the molecule is COc1ccc(CNCC(=O)C(C)(C)C)cc1. The average molecular weight is 235 g/mol. The van der Waals surface area contributed by atoms with Gasteiger partial charge in [0.2, 0.25) is 0 Å². The van der Waals surface area contributed by atoms with E-state index in [-0.39, 0.29) is 11.2 Å². The number of rotatable bonds is 5. The zero-order valence-corrected chi connectivity index (χ0v) is 11.0. The molecule has 0 unspecified atom stereocenters. The predicted molar refractivity (Wildman–Crippen MR) is 69.2 cm³/mol. The van der Waals surface area contributed by atoms with E-state index in [0.717, 1.165) is 11.3 Å². The zero-order chi connectivity index (χ0) is 12.9. The topological polar surface area (TPSA) is 38.3 Å². The van der Waals surface area contributed by atoms with Gasteiger partial charge in [-0.05, 0) is 17.7 Å². The standard InChI is InChI=1S/C14H21NO2/c1-14(2,3)13(16)10-15-9-11-5-7-12(17-4)8-6-11/h5-8,15H,9-10H2,1-4H3. The molecule has 0 amide bonds. The lowest BCUT2D eigenvalue weighted by Crippen LogP contribution is -2.31. The van der Waals surface area contributed by atoms with E-state index in [4.69, 9.17) is 4.74 Å². The van der Waals surface area contributed by atoms with E-state index in [1.807, 2.05) is 45.0 Å². The molecule has 17 heavy (non-hydrogen) atoms. The Morgan fingerprint density at radius 3 is 2.29 bits per heavy atom. The molecule has 94 valence electrons. The second kappa shape index (κ2) is 5.82. The molecule has 0 spiro atoms. The van der Waals surface area contributed by atoms with Gasteiger partial charge >= 0.3 is 0 Å². The van der Waals surface area contributed by atoms with Crippen LogP contribution in [0, 0.1) is 5.41 Å². The zero-order valence-electron chi connectivity index (χ0n) is 11.0. The Bertz CT molecular complexity index is 363. The number of ketones is 1. The Morgan fingerprint density at radius 1 is 1.24 bits per heavy atom. The summed E-state index contributed by atoms with van der Waals surface area (Å²) >= 11 is 0. The number of hydrogen-bond donors (Lipinski definition) is 1. The molecule has 3 heteroatoms. The fourth-order valence-corrected chi connectivity index (χ4v) is 1.33. The molecule has 0 saturated carbocycles. The molecule has 1 aromatic rings. The molecule has 0 aliphatic rings. The molecule has 0 atom stereocenters. The Hall–Kier alpha value is -1.35. The van der Waals surface area contributed by atoms with Gasteiger partial charge in [0.05, 0.1) is 13.7 Å². The fraction of sp³-hybridized carbons (Fsp3) is 0.500. The van der Waals surface area contributed by atoms with E-state index in [0.29, 0.717) is 13.1 Å². The molecule has 1 N–H and O–H groups in total.